The number of hydrogen-bond acceptors (Lipinski definition) is 1. The Bertz CT molecular complexity index is 498. The molecule has 0 bridgehead atoms. The Morgan fingerprint density at radius 2 is 1.17 bits per heavy atom. The van der Waals surface area contributed by atoms with Crippen LogP contribution >= 0.6 is 23.2 Å². The molecule has 0 aromatic heterocycles. The minimum atomic E-state index is -1.24. The summed E-state index contributed by atoms with van der Waals surface area (Å²) in [5, 5.41) is 12.0. The first-order valence-corrected chi connectivity index (χ1v) is 6.20. The molecule has 2 aromatic rings. The molecule has 0 amide bonds. The molecule has 0 saturated carbocycles. The fourth-order valence-corrected chi connectivity index (χ4v) is 2.06. The van der Waals surface area contributed by atoms with E-state index >= 15 is 0 Å². The van der Waals surface area contributed by atoms with Gasteiger partial charge in [-0.05, 0) is 35.4 Å². The Morgan fingerprint density at radius 1 is 0.833 bits per heavy atom. The van der Waals surface area contributed by atoms with Gasteiger partial charge in [0, 0.05) is 10.0 Å². The van der Waals surface area contributed by atoms with Crippen LogP contribution in [-0.4, -0.2) is 5.11 Å². The highest BCUT2D eigenvalue weighted by atomic mass is 35.5. The van der Waals surface area contributed by atoms with Crippen LogP contribution in [0.2, 0.25) is 10.0 Å². The van der Waals surface area contributed by atoms with E-state index < -0.39 is 5.60 Å². The molecule has 0 fully saturated rings. The molecule has 0 saturated heterocycles. The summed E-state index contributed by atoms with van der Waals surface area (Å²) in [5.41, 5.74) is 0.184. The standard InChI is InChI=1S/C15H12Cl2O/c1-2-15(18,11-3-7-13(16)8-4-11)12-5-9-14(17)10-6-12/h2-10,18H,1H2. The normalized spacial score (nSPS) is 11.3. The Kier molecular flexibility index (Phi) is 3.76. The molecule has 1 nitrogen and oxygen atoms in total. The molecule has 18 heavy (non-hydrogen) atoms. The van der Waals surface area contributed by atoms with Crippen LogP contribution in [0.4, 0.5) is 0 Å². The molecular formula is C15H12Cl2O. The zero-order valence-corrected chi connectivity index (χ0v) is 11.1. The van der Waals surface area contributed by atoms with E-state index in [9.17, 15) is 5.11 Å². The van der Waals surface area contributed by atoms with Gasteiger partial charge < -0.3 is 5.11 Å². The lowest BCUT2D eigenvalue weighted by atomic mass is 9.86. The molecule has 0 aliphatic rings. The molecule has 0 aliphatic heterocycles. The van der Waals surface area contributed by atoms with Crippen molar-refractivity contribution in [2.24, 2.45) is 0 Å². The smallest absolute Gasteiger partial charge is 0.133 e. The van der Waals surface area contributed by atoms with Crippen molar-refractivity contribution in [1.82, 2.24) is 0 Å². The van der Waals surface area contributed by atoms with Crippen molar-refractivity contribution in [3.8, 4) is 0 Å². The molecule has 0 unspecified atom stereocenters. The van der Waals surface area contributed by atoms with Crippen LogP contribution < -0.4 is 0 Å². The largest absolute Gasteiger partial charge is 0.377 e. The molecule has 0 radical (unpaired) electrons. The number of halogens is 2. The summed E-state index contributed by atoms with van der Waals surface area (Å²) in [7, 11) is 0. The van der Waals surface area contributed by atoms with E-state index in [-0.39, 0.29) is 0 Å². The molecule has 0 heterocycles. The number of hydrogen-bond donors (Lipinski definition) is 1. The summed E-state index contributed by atoms with van der Waals surface area (Å²) < 4.78 is 0. The van der Waals surface area contributed by atoms with Crippen LogP contribution in [0.5, 0.6) is 0 Å². The van der Waals surface area contributed by atoms with Crippen molar-refractivity contribution in [2.45, 2.75) is 5.60 Å². The lowest BCUT2D eigenvalue weighted by molar-refractivity contribution is 0.135. The van der Waals surface area contributed by atoms with Crippen LogP contribution in [0.15, 0.2) is 61.2 Å². The lowest BCUT2D eigenvalue weighted by Gasteiger charge is -2.25. The van der Waals surface area contributed by atoms with Crippen molar-refractivity contribution in [3.05, 3.63) is 82.4 Å². The van der Waals surface area contributed by atoms with E-state index in [1.165, 1.54) is 6.08 Å². The van der Waals surface area contributed by atoms with Gasteiger partial charge in [-0.25, -0.2) is 0 Å². The van der Waals surface area contributed by atoms with Crippen LogP contribution in [-0.2, 0) is 5.60 Å². The Balaban J connectivity index is 2.50. The van der Waals surface area contributed by atoms with Crippen LogP contribution in [0, 0.1) is 0 Å². The number of aliphatic hydroxyl groups is 1. The van der Waals surface area contributed by atoms with Gasteiger partial charge in [-0.1, -0.05) is 60.1 Å². The highest BCUT2D eigenvalue weighted by Crippen LogP contribution is 2.32. The van der Waals surface area contributed by atoms with E-state index in [1.54, 1.807) is 48.5 Å². The molecular weight excluding hydrogens is 267 g/mol. The minimum absolute atomic E-state index is 0.626. The molecule has 92 valence electrons. The van der Waals surface area contributed by atoms with E-state index in [2.05, 4.69) is 6.58 Å². The molecule has 3 heteroatoms. The second-order valence-electron chi connectivity index (χ2n) is 3.98. The van der Waals surface area contributed by atoms with E-state index in [1.807, 2.05) is 0 Å². The van der Waals surface area contributed by atoms with Crippen molar-refractivity contribution in [1.29, 1.82) is 0 Å². The second kappa shape index (κ2) is 5.15. The molecule has 0 aliphatic carbocycles. The Labute approximate surface area is 116 Å². The minimum Gasteiger partial charge on any atom is -0.377 e. The summed E-state index contributed by atoms with van der Waals surface area (Å²) in [6.45, 7) is 3.71. The first-order chi connectivity index (χ1) is 8.56. The topological polar surface area (TPSA) is 20.2 Å². The summed E-state index contributed by atoms with van der Waals surface area (Å²) >= 11 is 11.7. The molecule has 1 N–H and O–H groups in total. The van der Waals surface area contributed by atoms with Gasteiger partial charge in [-0.15, -0.1) is 0 Å². The third-order valence-electron chi connectivity index (χ3n) is 2.86. The fourth-order valence-electron chi connectivity index (χ4n) is 1.81. The lowest BCUT2D eigenvalue weighted by Crippen LogP contribution is -2.24. The third-order valence-corrected chi connectivity index (χ3v) is 3.37. The number of rotatable bonds is 3. The van der Waals surface area contributed by atoms with Crippen LogP contribution in [0.3, 0.4) is 0 Å². The highest BCUT2D eigenvalue weighted by molar-refractivity contribution is 6.30. The average molecular weight is 279 g/mol. The number of benzene rings is 2. The molecule has 2 aromatic carbocycles. The quantitative estimate of drug-likeness (QED) is 0.825. The van der Waals surface area contributed by atoms with Crippen molar-refractivity contribution < 1.29 is 5.11 Å². The maximum atomic E-state index is 10.7. The summed E-state index contributed by atoms with van der Waals surface area (Å²) in [5.74, 6) is 0. The SMILES string of the molecule is C=CC(O)(c1ccc(Cl)cc1)c1ccc(Cl)cc1. The predicted molar refractivity (Wildman–Crippen MR) is 76.1 cm³/mol. The fraction of sp³-hybridized carbons (Fsp3) is 0.0667. The van der Waals surface area contributed by atoms with Crippen molar-refractivity contribution >= 4 is 23.2 Å². The van der Waals surface area contributed by atoms with Gasteiger partial charge in [0.2, 0.25) is 0 Å². The average Bonchev–Trinajstić information content (AvgIpc) is 2.39. The van der Waals surface area contributed by atoms with Crippen molar-refractivity contribution in [2.75, 3.05) is 0 Å². The predicted octanol–water partition coefficient (Wildman–Crippen LogP) is 4.42. The summed E-state index contributed by atoms with van der Waals surface area (Å²) in [6.07, 6.45) is 1.50. The van der Waals surface area contributed by atoms with E-state index in [0.717, 1.165) is 0 Å². The summed E-state index contributed by atoms with van der Waals surface area (Å²) in [4.78, 5) is 0. The highest BCUT2D eigenvalue weighted by Gasteiger charge is 2.27. The van der Waals surface area contributed by atoms with Gasteiger partial charge in [-0.3, -0.25) is 0 Å². The van der Waals surface area contributed by atoms with Crippen LogP contribution in [0.1, 0.15) is 11.1 Å². The van der Waals surface area contributed by atoms with Gasteiger partial charge >= 0.3 is 0 Å². The first kappa shape index (κ1) is 13.2. The van der Waals surface area contributed by atoms with Gasteiger partial charge in [-0.2, -0.15) is 0 Å². The molecule has 0 spiro atoms. The van der Waals surface area contributed by atoms with E-state index in [4.69, 9.17) is 23.2 Å². The van der Waals surface area contributed by atoms with Crippen LogP contribution in [0.25, 0.3) is 0 Å². The van der Waals surface area contributed by atoms with Gasteiger partial charge in [0.25, 0.3) is 0 Å². The monoisotopic (exact) mass is 278 g/mol. The zero-order chi connectivity index (χ0) is 13.2. The maximum Gasteiger partial charge on any atom is 0.133 e. The molecule has 0 atom stereocenters. The third kappa shape index (κ3) is 2.44. The van der Waals surface area contributed by atoms with Gasteiger partial charge in [0.05, 0.1) is 0 Å². The molecule has 2 rings (SSSR count). The van der Waals surface area contributed by atoms with Gasteiger partial charge in [0.1, 0.15) is 5.60 Å². The van der Waals surface area contributed by atoms with E-state index in [0.29, 0.717) is 21.2 Å². The second-order valence-corrected chi connectivity index (χ2v) is 4.86. The summed E-state index contributed by atoms with van der Waals surface area (Å²) in [6, 6.07) is 14.1. The Morgan fingerprint density at radius 3 is 1.44 bits per heavy atom. The van der Waals surface area contributed by atoms with Crippen molar-refractivity contribution in [3.63, 3.8) is 0 Å². The van der Waals surface area contributed by atoms with Gasteiger partial charge in [0.15, 0.2) is 0 Å². The maximum absolute atomic E-state index is 10.7. The zero-order valence-electron chi connectivity index (χ0n) is 9.61. The first-order valence-electron chi connectivity index (χ1n) is 5.44. The Hall–Kier alpha value is -1.28.